The fourth-order valence-electron chi connectivity index (χ4n) is 1.92. The Bertz CT molecular complexity index is 556. The van der Waals surface area contributed by atoms with Crippen LogP contribution in [-0.4, -0.2) is 24.4 Å². The van der Waals surface area contributed by atoms with Gasteiger partial charge < -0.3 is 10.1 Å². The summed E-state index contributed by atoms with van der Waals surface area (Å²) in [5.41, 5.74) is 1.20. The van der Waals surface area contributed by atoms with Crippen LogP contribution < -0.4 is 10.1 Å². The van der Waals surface area contributed by atoms with E-state index in [1.807, 2.05) is 23.6 Å². The number of carbonyl (C=O) groups is 1. The Hall–Kier alpha value is -1.33. The summed E-state index contributed by atoms with van der Waals surface area (Å²) in [6, 6.07) is 12.0. The number of thiophene rings is 1. The van der Waals surface area contributed by atoms with E-state index in [-0.39, 0.29) is 11.9 Å². The molecule has 1 amide bonds. The minimum absolute atomic E-state index is 0.0525. The molecular formula is C15H16BrNO2S. The van der Waals surface area contributed by atoms with Crippen molar-refractivity contribution < 1.29 is 9.53 Å². The maximum absolute atomic E-state index is 12.2. The number of benzene rings is 1. The van der Waals surface area contributed by atoms with Crippen LogP contribution in [0.3, 0.4) is 0 Å². The third kappa shape index (κ3) is 3.84. The fraction of sp³-hybridized carbons (Fsp3) is 0.267. The molecule has 0 aliphatic carbocycles. The van der Waals surface area contributed by atoms with E-state index in [0.717, 1.165) is 6.42 Å². The van der Waals surface area contributed by atoms with Crippen molar-refractivity contribution >= 4 is 33.2 Å². The number of ether oxygens (including phenoxy) is 1. The van der Waals surface area contributed by atoms with Crippen LogP contribution in [0, 0.1) is 0 Å². The first-order chi connectivity index (χ1) is 9.74. The maximum atomic E-state index is 12.2. The molecule has 2 rings (SSSR count). The molecule has 20 heavy (non-hydrogen) atoms. The zero-order valence-corrected chi connectivity index (χ0v) is 13.5. The molecule has 3 nitrogen and oxygen atoms in total. The minimum Gasteiger partial charge on any atom is -0.495 e. The van der Waals surface area contributed by atoms with E-state index in [9.17, 15) is 4.79 Å². The molecule has 1 unspecified atom stereocenters. The summed E-state index contributed by atoms with van der Waals surface area (Å²) < 4.78 is 5.18. The summed E-state index contributed by atoms with van der Waals surface area (Å²) in [5, 5.41) is 5.60. The molecule has 1 aromatic carbocycles. The number of carbonyl (C=O) groups excluding carboxylic acids is 1. The Morgan fingerprint density at radius 3 is 2.75 bits per heavy atom. The van der Waals surface area contributed by atoms with Crippen molar-refractivity contribution in [2.75, 3.05) is 12.4 Å². The molecule has 0 aliphatic heterocycles. The van der Waals surface area contributed by atoms with Gasteiger partial charge in [-0.2, -0.15) is 0 Å². The average molecular weight is 354 g/mol. The van der Waals surface area contributed by atoms with Gasteiger partial charge in [0.2, 0.25) is 0 Å². The summed E-state index contributed by atoms with van der Waals surface area (Å²) in [5.74, 6) is 0.540. The molecule has 1 N–H and O–H groups in total. The number of hydrogen-bond acceptors (Lipinski definition) is 3. The van der Waals surface area contributed by atoms with Crippen molar-refractivity contribution in [3.63, 3.8) is 0 Å². The van der Waals surface area contributed by atoms with Gasteiger partial charge in [-0.1, -0.05) is 46.3 Å². The largest absolute Gasteiger partial charge is 0.495 e. The maximum Gasteiger partial charge on any atom is 0.265 e. The topological polar surface area (TPSA) is 38.3 Å². The zero-order chi connectivity index (χ0) is 14.4. The second kappa shape index (κ2) is 7.45. The summed E-state index contributed by atoms with van der Waals surface area (Å²) >= 11 is 4.85. The van der Waals surface area contributed by atoms with Crippen LogP contribution in [0.2, 0.25) is 0 Å². The first-order valence-corrected chi connectivity index (χ1v) is 8.27. The third-order valence-electron chi connectivity index (χ3n) is 2.90. The quantitative estimate of drug-likeness (QED) is 0.807. The fourth-order valence-corrected chi connectivity index (χ4v) is 3.07. The molecule has 5 heteroatoms. The Labute approximate surface area is 131 Å². The molecule has 0 saturated carbocycles. The smallest absolute Gasteiger partial charge is 0.265 e. The van der Waals surface area contributed by atoms with Gasteiger partial charge >= 0.3 is 0 Å². The van der Waals surface area contributed by atoms with E-state index in [4.69, 9.17) is 4.74 Å². The lowest BCUT2D eigenvalue weighted by molar-refractivity contribution is 0.0942. The molecule has 0 fully saturated rings. The molecule has 1 heterocycles. The van der Waals surface area contributed by atoms with Gasteiger partial charge in [0, 0.05) is 11.4 Å². The number of nitrogens with one attached hydrogen (secondary N) is 1. The van der Waals surface area contributed by atoms with Crippen molar-refractivity contribution in [3.8, 4) is 5.75 Å². The van der Waals surface area contributed by atoms with E-state index in [1.54, 1.807) is 13.2 Å². The number of amides is 1. The van der Waals surface area contributed by atoms with Crippen LogP contribution in [0.25, 0.3) is 0 Å². The summed E-state index contributed by atoms with van der Waals surface area (Å²) in [4.78, 5) is 12.9. The monoisotopic (exact) mass is 353 g/mol. The molecule has 0 saturated heterocycles. The van der Waals surface area contributed by atoms with Gasteiger partial charge in [-0.05, 0) is 23.4 Å². The van der Waals surface area contributed by atoms with Gasteiger partial charge in [0.25, 0.3) is 5.91 Å². The first-order valence-electron chi connectivity index (χ1n) is 6.27. The van der Waals surface area contributed by atoms with Crippen molar-refractivity contribution in [3.05, 3.63) is 52.2 Å². The Balaban J connectivity index is 2.01. The highest BCUT2D eigenvalue weighted by atomic mass is 79.9. The Morgan fingerprint density at radius 1 is 1.35 bits per heavy atom. The van der Waals surface area contributed by atoms with Crippen LogP contribution in [0.1, 0.15) is 15.2 Å². The zero-order valence-electron chi connectivity index (χ0n) is 11.1. The first kappa shape index (κ1) is 15.1. The summed E-state index contributed by atoms with van der Waals surface area (Å²) in [6.07, 6.45) is 0.797. The van der Waals surface area contributed by atoms with Crippen LogP contribution in [0.5, 0.6) is 5.75 Å². The van der Waals surface area contributed by atoms with E-state index in [1.165, 1.54) is 16.9 Å². The molecule has 2 aromatic rings. The number of rotatable bonds is 6. The standard InChI is InChI=1S/C15H16BrNO2S/c1-19-13-7-8-20-14(13)15(18)17-12(10-16)9-11-5-3-2-4-6-11/h2-8,12H,9-10H2,1H3,(H,17,18). The van der Waals surface area contributed by atoms with Crippen LogP contribution in [0.4, 0.5) is 0 Å². The molecule has 0 bridgehead atoms. The van der Waals surface area contributed by atoms with Gasteiger partial charge in [-0.3, -0.25) is 4.79 Å². The van der Waals surface area contributed by atoms with Crippen molar-refractivity contribution in [2.24, 2.45) is 0 Å². The molecule has 0 aliphatic rings. The van der Waals surface area contributed by atoms with Gasteiger partial charge in [-0.15, -0.1) is 11.3 Å². The minimum atomic E-state index is -0.0859. The van der Waals surface area contributed by atoms with Crippen molar-refractivity contribution in [2.45, 2.75) is 12.5 Å². The van der Waals surface area contributed by atoms with E-state index in [2.05, 4.69) is 33.4 Å². The van der Waals surface area contributed by atoms with Gasteiger partial charge in [0.05, 0.1) is 7.11 Å². The van der Waals surface area contributed by atoms with Crippen LogP contribution in [-0.2, 0) is 6.42 Å². The SMILES string of the molecule is COc1ccsc1C(=O)NC(CBr)Cc1ccccc1. The lowest BCUT2D eigenvalue weighted by Crippen LogP contribution is -2.37. The number of hydrogen-bond donors (Lipinski definition) is 1. The lowest BCUT2D eigenvalue weighted by atomic mass is 10.1. The highest BCUT2D eigenvalue weighted by Crippen LogP contribution is 2.24. The molecule has 1 atom stereocenters. The summed E-state index contributed by atoms with van der Waals surface area (Å²) in [6.45, 7) is 0. The van der Waals surface area contributed by atoms with Crippen LogP contribution >= 0.6 is 27.3 Å². The van der Waals surface area contributed by atoms with Crippen molar-refractivity contribution in [1.29, 1.82) is 0 Å². The number of halogens is 1. The van der Waals surface area contributed by atoms with E-state index in [0.29, 0.717) is 16.0 Å². The molecule has 0 radical (unpaired) electrons. The van der Waals surface area contributed by atoms with E-state index >= 15 is 0 Å². The predicted molar refractivity (Wildman–Crippen MR) is 86.1 cm³/mol. The molecule has 106 valence electrons. The van der Waals surface area contributed by atoms with Crippen molar-refractivity contribution in [1.82, 2.24) is 5.32 Å². The molecular weight excluding hydrogens is 338 g/mol. The van der Waals surface area contributed by atoms with Crippen LogP contribution in [0.15, 0.2) is 41.8 Å². The lowest BCUT2D eigenvalue weighted by Gasteiger charge is -2.16. The average Bonchev–Trinajstić information content (AvgIpc) is 2.96. The normalized spacial score (nSPS) is 11.9. The van der Waals surface area contributed by atoms with Gasteiger partial charge in [0.15, 0.2) is 0 Å². The Kier molecular flexibility index (Phi) is 5.61. The molecule has 1 aromatic heterocycles. The second-order valence-electron chi connectivity index (χ2n) is 4.33. The van der Waals surface area contributed by atoms with Gasteiger partial charge in [0.1, 0.15) is 10.6 Å². The highest BCUT2D eigenvalue weighted by molar-refractivity contribution is 9.09. The van der Waals surface area contributed by atoms with E-state index < -0.39 is 0 Å². The number of alkyl halides is 1. The number of methoxy groups -OCH3 is 1. The Morgan fingerprint density at radius 2 is 2.10 bits per heavy atom. The predicted octanol–water partition coefficient (Wildman–Crippen LogP) is 3.49. The third-order valence-corrected chi connectivity index (χ3v) is 4.58. The highest BCUT2D eigenvalue weighted by Gasteiger charge is 2.17. The summed E-state index contributed by atoms with van der Waals surface area (Å²) in [7, 11) is 1.57. The van der Waals surface area contributed by atoms with Gasteiger partial charge in [-0.25, -0.2) is 0 Å². The molecule has 0 spiro atoms. The second-order valence-corrected chi connectivity index (χ2v) is 5.90.